The smallest absolute Gasteiger partial charge is 0.306 e. The second kappa shape index (κ2) is 39.6. The Morgan fingerprint density at radius 3 is 1.31 bits per heavy atom. The second-order valence-corrected chi connectivity index (χ2v) is 14.2. The monoisotopic (exact) mass is 673 g/mol. The Bertz CT molecular complexity index is 768. The topological polar surface area (TPSA) is 63.6 Å². The molecule has 48 heavy (non-hydrogen) atoms. The standard InChI is InChI=1S/C44H80O4/c1-3-5-7-9-11-12-13-14-15-16-17-18-19-20-21-22-23-24-29-33-37-41-44(47)48-42(38-34-30-26-10-8-6-4-2)39-35-31-27-25-28-32-36-40-43(45)46/h11-12,14-15,20-21,42H,3-10,13,16-19,22-41H2,1-2H3,(H,45,46)/b12-11-,15-14-,21-20-. The highest BCUT2D eigenvalue weighted by Crippen LogP contribution is 2.19. The Kier molecular flexibility index (Phi) is 38.1. The third-order valence-electron chi connectivity index (χ3n) is 9.33. The van der Waals surface area contributed by atoms with Gasteiger partial charge in [-0.15, -0.1) is 0 Å². The molecule has 0 aromatic rings. The number of ether oxygens (including phenoxy) is 1. The first-order chi connectivity index (χ1) is 23.6. The van der Waals surface area contributed by atoms with Crippen LogP contribution in [0, 0.1) is 0 Å². The summed E-state index contributed by atoms with van der Waals surface area (Å²) in [5.74, 6) is -0.679. The van der Waals surface area contributed by atoms with E-state index < -0.39 is 5.97 Å². The van der Waals surface area contributed by atoms with Crippen molar-refractivity contribution in [2.45, 2.75) is 232 Å². The Hall–Kier alpha value is -1.84. The zero-order chi connectivity index (χ0) is 35.0. The van der Waals surface area contributed by atoms with Crippen molar-refractivity contribution < 1.29 is 19.4 Å². The highest BCUT2D eigenvalue weighted by Gasteiger charge is 2.14. The molecule has 4 heteroatoms. The zero-order valence-electron chi connectivity index (χ0n) is 32.0. The Labute approximate surface area is 299 Å². The molecular formula is C44H80O4. The van der Waals surface area contributed by atoms with Gasteiger partial charge in [0.05, 0.1) is 0 Å². The maximum absolute atomic E-state index is 12.7. The number of rotatable bonds is 38. The van der Waals surface area contributed by atoms with E-state index in [1.807, 2.05) is 0 Å². The van der Waals surface area contributed by atoms with Crippen LogP contribution in [0.4, 0.5) is 0 Å². The molecule has 0 spiro atoms. The number of carboxylic acids is 1. The Morgan fingerprint density at radius 1 is 0.458 bits per heavy atom. The molecule has 0 radical (unpaired) electrons. The van der Waals surface area contributed by atoms with Gasteiger partial charge in [0.25, 0.3) is 0 Å². The first kappa shape index (κ1) is 46.2. The Morgan fingerprint density at radius 2 is 0.812 bits per heavy atom. The molecule has 0 heterocycles. The van der Waals surface area contributed by atoms with Crippen molar-refractivity contribution in [2.24, 2.45) is 0 Å². The van der Waals surface area contributed by atoms with Crippen LogP contribution in [0.15, 0.2) is 36.5 Å². The van der Waals surface area contributed by atoms with Gasteiger partial charge in [0.1, 0.15) is 6.10 Å². The SMILES string of the molecule is CCCCC/C=C\C/C=C\CCCC/C=C\CCCCCCCC(=O)OC(CCCCCCCCC)CCCCCCCCCC(=O)O. The summed E-state index contributed by atoms with van der Waals surface area (Å²) >= 11 is 0. The molecule has 0 saturated carbocycles. The summed E-state index contributed by atoms with van der Waals surface area (Å²) in [6.07, 6.45) is 51.8. The van der Waals surface area contributed by atoms with Crippen molar-refractivity contribution in [3.8, 4) is 0 Å². The number of unbranched alkanes of at least 4 members (excludes halogenated alkanes) is 23. The summed E-state index contributed by atoms with van der Waals surface area (Å²) in [7, 11) is 0. The molecule has 1 unspecified atom stereocenters. The van der Waals surface area contributed by atoms with Gasteiger partial charge in [-0.1, -0.05) is 153 Å². The van der Waals surface area contributed by atoms with E-state index in [0.717, 1.165) is 64.2 Å². The van der Waals surface area contributed by atoms with E-state index in [1.165, 1.54) is 135 Å². The van der Waals surface area contributed by atoms with Gasteiger partial charge in [0.15, 0.2) is 0 Å². The van der Waals surface area contributed by atoms with E-state index in [1.54, 1.807) is 0 Å². The largest absolute Gasteiger partial charge is 0.481 e. The van der Waals surface area contributed by atoms with Crippen molar-refractivity contribution in [1.29, 1.82) is 0 Å². The maximum Gasteiger partial charge on any atom is 0.306 e. The molecule has 0 rings (SSSR count). The van der Waals surface area contributed by atoms with E-state index in [9.17, 15) is 9.59 Å². The molecular weight excluding hydrogens is 592 g/mol. The number of allylic oxidation sites excluding steroid dienone is 6. The molecule has 0 bridgehead atoms. The fraction of sp³-hybridized carbons (Fsp3) is 0.818. The molecule has 0 aliphatic rings. The van der Waals surface area contributed by atoms with Crippen molar-refractivity contribution >= 4 is 11.9 Å². The van der Waals surface area contributed by atoms with Crippen LogP contribution in [0.2, 0.25) is 0 Å². The quantitative estimate of drug-likeness (QED) is 0.0403. The minimum Gasteiger partial charge on any atom is -0.481 e. The summed E-state index contributed by atoms with van der Waals surface area (Å²) in [6, 6.07) is 0. The van der Waals surface area contributed by atoms with Gasteiger partial charge < -0.3 is 9.84 Å². The van der Waals surface area contributed by atoms with E-state index >= 15 is 0 Å². The van der Waals surface area contributed by atoms with E-state index in [0.29, 0.717) is 12.8 Å². The number of hydrogen-bond acceptors (Lipinski definition) is 3. The van der Waals surface area contributed by atoms with Crippen LogP contribution in [0.3, 0.4) is 0 Å². The third kappa shape index (κ3) is 38.6. The Balaban J connectivity index is 3.92. The van der Waals surface area contributed by atoms with Gasteiger partial charge in [0.2, 0.25) is 0 Å². The van der Waals surface area contributed by atoms with Crippen LogP contribution >= 0.6 is 0 Å². The fourth-order valence-corrected chi connectivity index (χ4v) is 6.21. The third-order valence-corrected chi connectivity index (χ3v) is 9.33. The molecule has 0 aromatic heterocycles. The fourth-order valence-electron chi connectivity index (χ4n) is 6.21. The van der Waals surface area contributed by atoms with Crippen LogP contribution in [-0.2, 0) is 14.3 Å². The first-order valence-electron chi connectivity index (χ1n) is 21.0. The lowest BCUT2D eigenvalue weighted by atomic mass is 10.0. The molecule has 4 nitrogen and oxygen atoms in total. The van der Waals surface area contributed by atoms with Gasteiger partial charge in [0, 0.05) is 12.8 Å². The van der Waals surface area contributed by atoms with Crippen LogP contribution in [-0.4, -0.2) is 23.1 Å². The van der Waals surface area contributed by atoms with Gasteiger partial charge in [-0.25, -0.2) is 0 Å². The van der Waals surface area contributed by atoms with E-state index in [-0.39, 0.29) is 12.1 Å². The summed E-state index contributed by atoms with van der Waals surface area (Å²) in [5, 5.41) is 8.76. The molecule has 0 amide bonds. The predicted molar refractivity (Wildman–Crippen MR) is 209 cm³/mol. The normalized spacial score (nSPS) is 12.5. The minimum atomic E-state index is -0.688. The molecule has 1 atom stereocenters. The average Bonchev–Trinajstić information content (AvgIpc) is 3.07. The predicted octanol–water partition coefficient (Wildman–Crippen LogP) is 14.6. The van der Waals surface area contributed by atoms with Crippen LogP contribution in [0.25, 0.3) is 0 Å². The van der Waals surface area contributed by atoms with Gasteiger partial charge in [-0.05, 0) is 96.3 Å². The molecule has 0 saturated heterocycles. The van der Waals surface area contributed by atoms with Crippen LogP contribution in [0.5, 0.6) is 0 Å². The highest BCUT2D eigenvalue weighted by atomic mass is 16.5. The highest BCUT2D eigenvalue weighted by molar-refractivity contribution is 5.69. The molecule has 0 aliphatic carbocycles. The molecule has 0 fully saturated rings. The lowest BCUT2D eigenvalue weighted by Gasteiger charge is -2.18. The van der Waals surface area contributed by atoms with Gasteiger partial charge in [-0.3, -0.25) is 9.59 Å². The molecule has 0 aliphatic heterocycles. The number of esters is 1. The maximum atomic E-state index is 12.7. The summed E-state index contributed by atoms with van der Waals surface area (Å²) in [4.78, 5) is 23.3. The van der Waals surface area contributed by atoms with Gasteiger partial charge in [-0.2, -0.15) is 0 Å². The number of carboxylic acid groups (broad SMARTS) is 1. The van der Waals surface area contributed by atoms with Crippen molar-refractivity contribution in [2.75, 3.05) is 0 Å². The minimum absolute atomic E-state index is 0.00874. The summed E-state index contributed by atoms with van der Waals surface area (Å²) in [6.45, 7) is 4.52. The first-order valence-corrected chi connectivity index (χ1v) is 21.0. The lowest BCUT2D eigenvalue weighted by Crippen LogP contribution is -2.18. The lowest BCUT2D eigenvalue weighted by molar-refractivity contribution is -0.150. The van der Waals surface area contributed by atoms with Crippen molar-refractivity contribution in [1.82, 2.24) is 0 Å². The molecule has 1 N–H and O–H groups in total. The van der Waals surface area contributed by atoms with Crippen LogP contribution in [0.1, 0.15) is 226 Å². The number of carbonyl (C=O) groups is 2. The molecule has 280 valence electrons. The average molecular weight is 673 g/mol. The van der Waals surface area contributed by atoms with E-state index in [2.05, 4.69) is 50.3 Å². The number of aliphatic carboxylic acids is 1. The van der Waals surface area contributed by atoms with Crippen LogP contribution < -0.4 is 0 Å². The van der Waals surface area contributed by atoms with E-state index in [4.69, 9.17) is 9.84 Å². The number of carbonyl (C=O) groups excluding carboxylic acids is 1. The summed E-state index contributed by atoms with van der Waals surface area (Å²) in [5.41, 5.74) is 0. The second-order valence-electron chi connectivity index (χ2n) is 14.2. The molecule has 0 aromatic carbocycles. The van der Waals surface area contributed by atoms with Crippen molar-refractivity contribution in [3.05, 3.63) is 36.5 Å². The summed E-state index contributed by atoms with van der Waals surface area (Å²) < 4.78 is 6.01. The van der Waals surface area contributed by atoms with Crippen molar-refractivity contribution in [3.63, 3.8) is 0 Å². The van der Waals surface area contributed by atoms with Gasteiger partial charge >= 0.3 is 11.9 Å². The zero-order valence-corrected chi connectivity index (χ0v) is 32.0. The number of hydrogen-bond donors (Lipinski definition) is 1.